The van der Waals surface area contributed by atoms with Crippen molar-refractivity contribution in [1.29, 1.82) is 0 Å². The SMILES string of the molecule is O=C(O)[C@@H]1C[C@H](O)CN1C(c1ccccc1)(c1ccccc1)c1ccccc1. The van der Waals surface area contributed by atoms with Crippen molar-refractivity contribution in [2.45, 2.75) is 24.1 Å². The zero-order valence-corrected chi connectivity index (χ0v) is 15.5. The molecule has 0 spiro atoms. The number of benzene rings is 3. The number of hydrogen-bond donors (Lipinski definition) is 2. The number of nitrogens with zero attached hydrogens (tertiary/aromatic N) is 1. The molecule has 0 aromatic heterocycles. The smallest absolute Gasteiger partial charge is 0.321 e. The lowest BCUT2D eigenvalue weighted by Crippen LogP contribution is -2.53. The van der Waals surface area contributed by atoms with Gasteiger partial charge in [-0.15, -0.1) is 0 Å². The average molecular weight is 373 g/mol. The van der Waals surface area contributed by atoms with Crippen LogP contribution in [0.3, 0.4) is 0 Å². The van der Waals surface area contributed by atoms with Gasteiger partial charge in [-0.3, -0.25) is 9.69 Å². The lowest BCUT2D eigenvalue weighted by Gasteiger charge is -2.45. The summed E-state index contributed by atoms with van der Waals surface area (Å²) in [4.78, 5) is 14.1. The summed E-state index contributed by atoms with van der Waals surface area (Å²) in [7, 11) is 0. The second-order valence-corrected chi connectivity index (χ2v) is 7.20. The van der Waals surface area contributed by atoms with E-state index in [1.165, 1.54) is 0 Å². The lowest BCUT2D eigenvalue weighted by atomic mass is 9.75. The van der Waals surface area contributed by atoms with Gasteiger partial charge in [0.25, 0.3) is 0 Å². The number of carbonyl (C=O) groups is 1. The van der Waals surface area contributed by atoms with E-state index in [1.807, 2.05) is 95.9 Å². The van der Waals surface area contributed by atoms with E-state index in [2.05, 4.69) is 0 Å². The highest BCUT2D eigenvalue weighted by atomic mass is 16.4. The van der Waals surface area contributed by atoms with Crippen LogP contribution in [0.5, 0.6) is 0 Å². The van der Waals surface area contributed by atoms with Crippen LogP contribution in [-0.4, -0.2) is 39.8 Å². The second kappa shape index (κ2) is 7.58. The van der Waals surface area contributed by atoms with Gasteiger partial charge in [-0.1, -0.05) is 91.0 Å². The predicted molar refractivity (Wildman–Crippen MR) is 108 cm³/mol. The molecular formula is C24H23NO3. The highest BCUT2D eigenvalue weighted by Gasteiger charge is 2.51. The third-order valence-corrected chi connectivity index (χ3v) is 5.57. The van der Waals surface area contributed by atoms with Crippen LogP contribution in [0.15, 0.2) is 91.0 Å². The van der Waals surface area contributed by atoms with E-state index in [9.17, 15) is 15.0 Å². The predicted octanol–water partition coefficient (Wildman–Crippen LogP) is 3.50. The fraction of sp³-hybridized carbons (Fsp3) is 0.208. The first-order valence-corrected chi connectivity index (χ1v) is 9.48. The summed E-state index contributed by atoms with van der Waals surface area (Å²) in [5, 5.41) is 20.4. The van der Waals surface area contributed by atoms with Crippen molar-refractivity contribution in [2.75, 3.05) is 6.54 Å². The molecule has 0 bridgehead atoms. The zero-order chi connectivity index (χ0) is 19.6. The molecule has 1 heterocycles. The van der Waals surface area contributed by atoms with E-state index < -0.39 is 23.7 Å². The number of aliphatic hydroxyl groups is 1. The van der Waals surface area contributed by atoms with Gasteiger partial charge in [0, 0.05) is 13.0 Å². The first-order chi connectivity index (χ1) is 13.6. The van der Waals surface area contributed by atoms with Gasteiger partial charge in [0.15, 0.2) is 0 Å². The summed E-state index contributed by atoms with van der Waals surface area (Å²) in [6.45, 7) is 0.287. The van der Waals surface area contributed by atoms with Crippen LogP contribution >= 0.6 is 0 Å². The Morgan fingerprint density at radius 2 is 1.18 bits per heavy atom. The topological polar surface area (TPSA) is 60.8 Å². The number of carboxylic acid groups (broad SMARTS) is 1. The zero-order valence-electron chi connectivity index (χ0n) is 15.5. The quantitative estimate of drug-likeness (QED) is 0.672. The fourth-order valence-electron chi connectivity index (χ4n) is 4.45. The van der Waals surface area contributed by atoms with Gasteiger partial charge < -0.3 is 10.2 Å². The van der Waals surface area contributed by atoms with Gasteiger partial charge in [-0.05, 0) is 16.7 Å². The number of aliphatic carboxylic acids is 1. The van der Waals surface area contributed by atoms with Crippen LogP contribution in [0.4, 0.5) is 0 Å². The van der Waals surface area contributed by atoms with Gasteiger partial charge in [-0.2, -0.15) is 0 Å². The van der Waals surface area contributed by atoms with Gasteiger partial charge in [-0.25, -0.2) is 0 Å². The Bertz CT molecular complexity index is 831. The molecule has 0 radical (unpaired) electrons. The number of rotatable bonds is 5. The summed E-state index contributed by atoms with van der Waals surface area (Å²) < 4.78 is 0. The van der Waals surface area contributed by atoms with Crippen molar-refractivity contribution in [2.24, 2.45) is 0 Å². The number of carboxylic acids is 1. The molecule has 142 valence electrons. The normalized spacial score (nSPS) is 20.2. The minimum absolute atomic E-state index is 0.212. The molecule has 28 heavy (non-hydrogen) atoms. The molecule has 0 amide bonds. The van der Waals surface area contributed by atoms with Crippen LogP contribution in [0.1, 0.15) is 23.1 Å². The van der Waals surface area contributed by atoms with Crippen LogP contribution in [0, 0.1) is 0 Å². The summed E-state index contributed by atoms with van der Waals surface area (Å²) >= 11 is 0. The second-order valence-electron chi connectivity index (χ2n) is 7.20. The average Bonchev–Trinajstić information content (AvgIpc) is 3.13. The first kappa shape index (κ1) is 18.4. The Hall–Kier alpha value is -2.95. The largest absolute Gasteiger partial charge is 0.480 e. The van der Waals surface area contributed by atoms with Gasteiger partial charge in [0.1, 0.15) is 6.04 Å². The number of likely N-dealkylation sites (tertiary alicyclic amines) is 1. The van der Waals surface area contributed by atoms with E-state index >= 15 is 0 Å². The number of hydrogen-bond acceptors (Lipinski definition) is 3. The molecule has 4 heteroatoms. The lowest BCUT2D eigenvalue weighted by molar-refractivity contribution is -0.143. The van der Waals surface area contributed by atoms with Crippen molar-refractivity contribution < 1.29 is 15.0 Å². The highest BCUT2D eigenvalue weighted by Crippen LogP contribution is 2.45. The van der Waals surface area contributed by atoms with Crippen molar-refractivity contribution in [3.8, 4) is 0 Å². The van der Waals surface area contributed by atoms with E-state index in [0.29, 0.717) is 0 Å². The standard InChI is InChI=1S/C24H23NO3/c26-21-16-22(23(27)28)25(17-21)24(18-10-4-1-5-11-18,19-12-6-2-7-13-19)20-14-8-3-9-15-20/h1-15,21-22,26H,16-17H2,(H,27,28)/t21-,22-/m0/s1. The maximum absolute atomic E-state index is 12.1. The van der Waals surface area contributed by atoms with Crippen LogP contribution < -0.4 is 0 Å². The van der Waals surface area contributed by atoms with Crippen molar-refractivity contribution in [1.82, 2.24) is 4.90 Å². The molecule has 1 aliphatic heterocycles. The molecule has 4 rings (SSSR count). The minimum Gasteiger partial charge on any atom is -0.480 e. The molecule has 1 fully saturated rings. The third-order valence-electron chi connectivity index (χ3n) is 5.57. The van der Waals surface area contributed by atoms with Gasteiger partial charge in [0.05, 0.1) is 11.6 Å². The molecule has 3 aromatic carbocycles. The van der Waals surface area contributed by atoms with Crippen LogP contribution in [0.25, 0.3) is 0 Å². The monoisotopic (exact) mass is 373 g/mol. The molecule has 1 aliphatic rings. The number of aliphatic hydroxyl groups excluding tert-OH is 1. The Morgan fingerprint density at radius 1 is 0.786 bits per heavy atom. The maximum atomic E-state index is 12.1. The number of β-amino-alcohol motifs (C(OH)–C–C–N with tert-alkyl or cyclic N) is 1. The minimum atomic E-state index is -0.913. The molecule has 1 saturated heterocycles. The summed E-state index contributed by atoms with van der Waals surface area (Å²) in [6.07, 6.45) is -0.472. The Morgan fingerprint density at radius 3 is 1.54 bits per heavy atom. The molecule has 2 N–H and O–H groups in total. The fourth-order valence-corrected chi connectivity index (χ4v) is 4.45. The Balaban J connectivity index is 2.06. The molecule has 3 aromatic rings. The van der Waals surface area contributed by atoms with Crippen molar-refractivity contribution in [3.63, 3.8) is 0 Å². The Kier molecular flexibility index (Phi) is 4.99. The van der Waals surface area contributed by atoms with E-state index in [-0.39, 0.29) is 13.0 Å². The van der Waals surface area contributed by atoms with Crippen molar-refractivity contribution >= 4 is 5.97 Å². The third kappa shape index (κ3) is 3.01. The van der Waals surface area contributed by atoms with Gasteiger partial charge in [0.2, 0.25) is 0 Å². The van der Waals surface area contributed by atoms with Gasteiger partial charge >= 0.3 is 5.97 Å². The summed E-state index contributed by atoms with van der Waals surface area (Å²) in [5.74, 6) is -0.913. The Labute approximate surface area is 164 Å². The molecule has 2 atom stereocenters. The van der Waals surface area contributed by atoms with E-state index in [0.717, 1.165) is 16.7 Å². The molecule has 4 nitrogen and oxygen atoms in total. The molecular weight excluding hydrogens is 350 g/mol. The van der Waals surface area contributed by atoms with Crippen LogP contribution in [-0.2, 0) is 10.3 Å². The summed E-state index contributed by atoms with van der Waals surface area (Å²) in [6, 6.07) is 29.1. The van der Waals surface area contributed by atoms with E-state index in [4.69, 9.17) is 0 Å². The van der Waals surface area contributed by atoms with Crippen molar-refractivity contribution in [3.05, 3.63) is 108 Å². The molecule has 0 aliphatic carbocycles. The first-order valence-electron chi connectivity index (χ1n) is 9.48. The molecule has 0 unspecified atom stereocenters. The summed E-state index contributed by atoms with van der Waals surface area (Å²) in [5.41, 5.74) is 2.12. The van der Waals surface area contributed by atoms with E-state index in [1.54, 1.807) is 0 Å². The molecule has 0 saturated carbocycles. The van der Waals surface area contributed by atoms with Crippen LogP contribution in [0.2, 0.25) is 0 Å². The maximum Gasteiger partial charge on any atom is 0.321 e. The highest BCUT2D eigenvalue weighted by molar-refractivity contribution is 5.75.